The number of nitrogens with one attached hydrogen (secondary N) is 1. The Morgan fingerprint density at radius 2 is 2.04 bits per heavy atom. The molecule has 1 fully saturated rings. The monoisotopic (exact) mass is 336 g/mol. The standard InChI is InChI=1S/C17H32N6O/c1-5-22(6-2)15(3)13-19-17(18-4)23-10-8-21(9-11-23)14-16-7-12-24-20-16/h7,12,15H,5-6,8-11,13-14H2,1-4H3,(H,18,19). The van der Waals surface area contributed by atoms with E-state index in [1.54, 1.807) is 6.26 Å². The molecule has 1 aromatic heterocycles. The fourth-order valence-electron chi connectivity index (χ4n) is 3.21. The summed E-state index contributed by atoms with van der Waals surface area (Å²) < 4.78 is 4.90. The summed E-state index contributed by atoms with van der Waals surface area (Å²) >= 11 is 0. The molecule has 7 nitrogen and oxygen atoms in total. The van der Waals surface area contributed by atoms with Crippen LogP contribution in [-0.4, -0.2) is 84.7 Å². The number of guanidine groups is 1. The van der Waals surface area contributed by atoms with E-state index in [1.165, 1.54) is 0 Å². The highest BCUT2D eigenvalue weighted by Gasteiger charge is 2.21. The van der Waals surface area contributed by atoms with Crippen LogP contribution in [0.1, 0.15) is 26.5 Å². The number of rotatable bonds is 7. The molecule has 1 aliphatic rings. The summed E-state index contributed by atoms with van der Waals surface area (Å²) in [6.07, 6.45) is 1.63. The second kappa shape index (κ2) is 9.64. The molecule has 2 heterocycles. The van der Waals surface area contributed by atoms with Crippen molar-refractivity contribution in [1.29, 1.82) is 0 Å². The third-order valence-electron chi connectivity index (χ3n) is 4.75. The first-order chi connectivity index (χ1) is 11.7. The number of aromatic nitrogens is 1. The lowest BCUT2D eigenvalue weighted by molar-refractivity contribution is 0.167. The quantitative estimate of drug-likeness (QED) is 0.594. The van der Waals surface area contributed by atoms with E-state index in [4.69, 9.17) is 4.52 Å². The molecule has 24 heavy (non-hydrogen) atoms. The molecule has 136 valence electrons. The van der Waals surface area contributed by atoms with Crippen LogP contribution >= 0.6 is 0 Å². The van der Waals surface area contributed by atoms with Crippen LogP contribution in [0.3, 0.4) is 0 Å². The minimum absolute atomic E-state index is 0.505. The van der Waals surface area contributed by atoms with Crippen molar-refractivity contribution in [3.05, 3.63) is 18.0 Å². The molecule has 0 spiro atoms. The van der Waals surface area contributed by atoms with E-state index in [9.17, 15) is 0 Å². The molecule has 0 radical (unpaired) electrons. The lowest BCUT2D eigenvalue weighted by Crippen LogP contribution is -2.54. The summed E-state index contributed by atoms with van der Waals surface area (Å²) in [5, 5.41) is 7.53. The van der Waals surface area contributed by atoms with Gasteiger partial charge in [0.05, 0.1) is 5.69 Å². The molecule has 1 saturated heterocycles. The molecule has 2 rings (SSSR count). The summed E-state index contributed by atoms with van der Waals surface area (Å²) in [6, 6.07) is 2.44. The van der Waals surface area contributed by atoms with E-state index in [1.807, 2.05) is 13.1 Å². The van der Waals surface area contributed by atoms with Gasteiger partial charge in [0.2, 0.25) is 0 Å². The average molecular weight is 336 g/mol. The molecule has 1 aliphatic heterocycles. The van der Waals surface area contributed by atoms with Crippen LogP contribution < -0.4 is 5.32 Å². The molecule has 0 amide bonds. The van der Waals surface area contributed by atoms with Crippen LogP contribution in [0.15, 0.2) is 21.8 Å². The number of hydrogen-bond donors (Lipinski definition) is 1. The first-order valence-electron chi connectivity index (χ1n) is 8.99. The van der Waals surface area contributed by atoms with Crippen molar-refractivity contribution >= 4 is 5.96 Å². The van der Waals surface area contributed by atoms with Crippen molar-refractivity contribution in [2.75, 3.05) is 52.9 Å². The van der Waals surface area contributed by atoms with Gasteiger partial charge in [-0.1, -0.05) is 19.0 Å². The highest BCUT2D eigenvalue weighted by molar-refractivity contribution is 5.80. The Hall–Kier alpha value is -1.60. The predicted octanol–water partition coefficient (Wildman–Crippen LogP) is 1.10. The van der Waals surface area contributed by atoms with E-state index in [0.717, 1.165) is 64.0 Å². The predicted molar refractivity (Wildman–Crippen MR) is 97.1 cm³/mol. The zero-order valence-electron chi connectivity index (χ0n) is 15.5. The van der Waals surface area contributed by atoms with E-state index in [2.05, 4.69) is 50.9 Å². The van der Waals surface area contributed by atoms with Gasteiger partial charge in [-0.15, -0.1) is 0 Å². The van der Waals surface area contributed by atoms with Gasteiger partial charge < -0.3 is 14.7 Å². The van der Waals surface area contributed by atoms with Crippen molar-refractivity contribution in [3.63, 3.8) is 0 Å². The Morgan fingerprint density at radius 3 is 2.58 bits per heavy atom. The molecular weight excluding hydrogens is 304 g/mol. The van der Waals surface area contributed by atoms with E-state index in [-0.39, 0.29) is 0 Å². The summed E-state index contributed by atoms with van der Waals surface area (Å²) in [5.41, 5.74) is 0.999. The Labute approximate surface area is 145 Å². The van der Waals surface area contributed by atoms with Gasteiger partial charge in [0.25, 0.3) is 0 Å². The zero-order valence-corrected chi connectivity index (χ0v) is 15.5. The largest absolute Gasteiger partial charge is 0.364 e. The maximum absolute atomic E-state index is 4.90. The minimum atomic E-state index is 0.505. The topological polar surface area (TPSA) is 60.1 Å². The van der Waals surface area contributed by atoms with Gasteiger partial charge in [0.15, 0.2) is 5.96 Å². The van der Waals surface area contributed by atoms with Gasteiger partial charge in [0.1, 0.15) is 6.26 Å². The molecular formula is C17H32N6O. The van der Waals surface area contributed by atoms with Gasteiger partial charge >= 0.3 is 0 Å². The van der Waals surface area contributed by atoms with Crippen molar-refractivity contribution in [2.45, 2.75) is 33.4 Å². The second-order valence-electron chi connectivity index (χ2n) is 6.25. The van der Waals surface area contributed by atoms with Crippen LogP contribution in [0, 0.1) is 0 Å². The Morgan fingerprint density at radius 1 is 1.33 bits per heavy atom. The molecule has 0 bridgehead atoms. The normalized spacial score (nSPS) is 18.2. The molecule has 7 heteroatoms. The maximum Gasteiger partial charge on any atom is 0.193 e. The lowest BCUT2D eigenvalue weighted by Gasteiger charge is -2.37. The van der Waals surface area contributed by atoms with Gasteiger partial charge in [-0.05, 0) is 20.0 Å². The first kappa shape index (κ1) is 18.7. The number of hydrogen-bond acceptors (Lipinski definition) is 5. The number of likely N-dealkylation sites (N-methyl/N-ethyl adjacent to an activating group) is 1. The summed E-state index contributed by atoms with van der Waals surface area (Å²) in [5.74, 6) is 1.01. The Bertz CT molecular complexity index is 477. The van der Waals surface area contributed by atoms with Gasteiger partial charge in [-0.25, -0.2) is 0 Å². The summed E-state index contributed by atoms with van der Waals surface area (Å²) in [4.78, 5) is 11.7. The van der Waals surface area contributed by atoms with Crippen molar-refractivity contribution in [2.24, 2.45) is 4.99 Å². The Kier molecular flexibility index (Phi) is 7.52. The molecule has 1 atom stereocenters. The molecule has 0 saturated carbocycles. The maximum atomic E-state index is 4.90. The van der Waals surface area contributed by atoms with Crippen LogP contribution in [0.4, 0.5) is 0 Å². The van der Waals surface area contributed by atoms with E-state index < -0.39 is 0 Å². The first-order valence-corrected chi connectivity index (χ1v) is 8.99. The third-order valence-corrected chi connectivity index (χ3v) is 4.75. The molecule has 1 unspecified atom stereocenters. The molecule has 1 aromatic rings. The third kappa shape index (κ3) is 5.21. The van der Waals surface area contributed by atoms with Gasteiger partial charge in [-0.2, -0.15) is 0 Å². The minimum Gasteiger partial charge on any atom is -0.364 e. The second-order valence-corrected chi connectivity index (χ2v) is 6.25. The fraction of sp³-hybridized carbons (Fsp3) is 0.765. The highest BCUT2D eigenvalue weighted by atomic mass is 16.5. The van der Waals surface area contributed by atoms with Gasteiger partial charge in [0, 0.05) is 58.4 Å². The number of aliphatic imine (C=N–C) groups is 1. The van der Waals surface area contributed by atoms with Crippen molar-refractivity contribution in [3.8, 4) is 0 Å². The highest BCUT2D eigenvalue weighted by Crippen LogP contribution is 2.07. The smallest absolute Gasteiger partial charge is 0.193 e. The summed E-state index contributed by atoms with van der Waals surface area (Å²) in [6.45, 7) is 14.6. The van der Waals surface area contributed by atoms with Crippen LogP contribution in [0.25, 0.3) is 0 Å². The lowest BCUT2D eigenvalue weighted by atomic mass is 10.2. The fourth-order valence-corrected chi connectivity index (χ4v) is 3.21. The SMILES string of the molecule is CCN(CC)C(C)CNC(=NC)N1CCN(Cc2ccon2)CC1. The molecule has 0 aliphatic carbocycles. The van der Waals surface area contributed by atoms with E-state index in [0.29, 0.717) is 6.04 Å². The van der Waals surface area contributed by atoms with Crippen LogP contribution in [-0.2, 0) is 6.54 Å². The van der Waals surface area contributed by atoms with E-state index >= 15 is 0 Å². The van der Waals surface area contributed by atoms with Crippen LogP contribution in [0.5, 0.6) is 0 Å². The average Bonchev–Trinajstić information content (AvgIpc) is 3.11. The van der Waals surface area contributed by atoms with Crippen molar-refractivity contribution in [1.82, 2.24) is 25.2 Å². The zero-order chi connectivity index (χ0) is 17.4. The van der Waals surface area contributed by atoms with Gasteiger partial charge in [-0.3, -0.25) is 14.8 Å². The van der Waals surface area contributed by atoms with Crippen LogP contribution in [0.2, 0.25) is 0 Å². The summed E-state index contributed by atoms with van der Waals surface area (Å²) in [7, 11) is 1.87. The molecule has 1 N–H and O–H groups in total. The number of nitrogens with zero attached hydrogens (tertiary/aromatic N) is 5. The van der Waals surface area contributed by atoms with Crippen molar-refractivity contribution < 1.29 is 4.52 Å². The Balaban J connectivity index is 1.76. The number of piperazine rings is 1. The molecule has 0 aromatic carbocycles.